The third-order valence-electron chi connectivity index (χ3n) is 0.771. The molecule has 0 saturated heterocycles. The van der Waals surface area contributed by atoms with E-state index < -0.39 is 0 Å². The maximum Gasteiger partial charge on any atom is 0.0899 e. The van der Waals surface area contributed by atoms with Crippen molar-refractivity contribution in [1.82, 2.24) is 5.32 Å². The molecule has 0 saturated carbocycles. The van der Waals surface area contributed by atoms with Crippen LogP contribution in [0.25, 0.3) is 0 Å². The fourth-order valence-electron chi connectivity index (χ4n) is 0.378. The second kappa shape index (κ2) is 4.59. The molecule has 4 N–H and O–H groups in total. The van der Waals surface area contributed by atoms with Crippen molar-refractivity contribution >= 4 is 5.84 Å². The van der Waals surface area contributed by atoms with Crippen molar-refractivity contribution in [1.29, 1.82) is 5.41 Å². The van der Waals surface area contributed by atoms with Crippen LogP contribution in [0.15, 0.2) is 0 Å². The van der Waals surface area contributed by atoms with E-state index in [2.05, 4.69) is 5.32 Å². The third kappa shape index (κ3) is 5.43. The minimum Gasteiger partial charge on any atom is -0.374 e. The Balaban J connectivity index is 2.82. The highest BCUT2D eigenvalue weighted by Gasteiger charge is 1.82. The molecule has 0 aromatic rings. The molecule has 0 heterocycles. The van der Waals surface area contributed by atoms with Gasteiger partial charge in [0.05, 0.1) is 5.84 Å². The van der Waals surface area contributed by atoms with E-state index in [0.29, 0.717) is 12.4 Å². The third-order valence-corrected chi connectivity index (χ3v) is 0.771. The number of amidine groups is 1. The second-order valence-electron chi connectivity index (χ2n) is 1.69. The summed E-state index contributed by atoms with van der Waals surface area (Å²) in [5.74, 6) is 0.512. The summed E-state index contributed by atoms with van der Waals surface area (Å²) in [6.07, 6.45) is 0.941. The Morgan fingerprint density at radius 3 is 2.75 bits per heavy atom. The van der Waals surface area contributed by atoms with Crippen LogP contribution in [-0.2, 0) is 0 Å². The molecule has 0 aliphatic heterocycles. The van der Waals surface area contributed by atoms with Crippen LogP contribution in [0.1, 0.15) is 13.3 Å². The summed E-state index contributed by atoms with van der Waals surface area (Å²) in [7, 11) is 0. The lowest BCUT2D eigenvalue weighted by molar-refractivity contribution is 0.779. The highest BCUT2D eigenvalue weighted by Crippen LogP contribution is 1.68. The predicted octanol–water partition coefficient (Wildman–Crippen LogP) is -0.0780. The Morgan fingerprint density at radius 1 is 1.75 bits per heavy atom. The van der Waals surface area contributed by atoms with Gasteiger partial charge in [-0.05, 0) is 19.9 Å². The molecule has 0 fully saturated rings. The van der Waals surface area contributed by atoms with Crippen LogP contribution >= 0.6 is 0 Å². The Bertz CT molecular complexity index is 70.1. The van der Waals surface area contributed by atoms with Gasteiger partial charge in [-0.15, -0.1) is 0 Å². The van der Waals surface area contributed by atoms with Crippen LogP contribution in [0.2, 0.25) is 0 Å². The zero-order chi connectivity index (χ0) is 6.41. The van der Waals surface area contributed by atoms with Crippen LogP contribution in [0.3, 0.4) is 0 Å². The van der Waals surface area contributed by atoms with Gasteiger partial charge >= 0.3 is 0 Å². The molecular formula is C5H13N3. The molecule has 0 bridgehead atoms. The maximum absolute atomic E-state index is 6.92. The quantitative estimate of drug-likeness (QED) is 0.274. The monoisotopic (exact) mass is 115 g/mol. The largest absolute Gasteiger partial charge is 0.374 e. The number of nitrogens with two attached hydrogens (primary N) is 1. The van der Waals surface area contributed by atoms with Crippen LogP contribution in [0.5, 0.6) is 0 Å². The smallest absolute Gasteiger partial charge is 0.0899 e. The molecule has 0 rings (SSSR count). The first-order chi connectivity index (χ1) is 3.77. The summed E-state index contributed by atoms with van der Waals surface area (Å²) in [5, 5.41) is 9.77. The first kappa shape index (κ1) is 7.43. The van der Waals surface area contributed by atoms with Crippen molar-refractivity contribution in [2.24, 2.45) is 5.73 Å². The molecule has 0 spiro atoms. The van der Waals surface area contributed by atoms with Gasteiger partial charge in [0.25, 0.3) is 0 Å². The topological polar surface area (TPSA) is 61.9 Å². The molecule has 3 nitrogen and oxygen atoms in total. The minimum atomic E-state index is 0.512. The Hall–Kier alpha value is -0.570. The van der Waals surface area contributed by atoms with Gasteiger partial charge in [-0.1, -0.05) is 0 Å². The van der Waals surface area contributed by atoms with Gasteiger partial charge in [0.2, 0.25) is 0 Å². The van der Waals surface area contributed by atoms with Gasteiger partial charge in [0.15, 0.2) is 0 Å². The lowest BCUT2D eigenvalue weighted by Gasteiger charge is -1.99. The molecule has 0 atom stereocenters. The van der Waals surface area contributed by atoms with E-state index in [9.17, 15) is 0 Å². The molecule has 0 unspecified atom stereocenters. The zero-order valence-electron chi connectivity index (χ0n) is 5.20. The van der Waals surface area contributed by atoms with Crippen molar-refractivity contribution in [3.63, 3.8) is 0 Å². The van der Waals surface area contributed by atoms with Crippen molar-refractivity contribution in [2.75, 3.05) is 13.1 Å². The average molecular weight is 115 g/mol. The second-order valence-corrected chi connectivity index (χ2v) is 1.69. The summed E-state index contributed by atoms with van der Waals surface area (Å²) in [6.45, 7) is 3.24. The number of nitrogens with one attached hydrogen (secondary N) is 2. The standard InChI is InChI=1S/C5H13N3/c1-5(7)8-4-2-3-6/h2-4,6H2,1H3,(H2,7,8). The fraction of sp³-hybridized carbons (Fsp3) is 0.800. The summed E-state index contributed by atoms with van der Waals surface area (Å²) < 4.78 is 0. The van der Waals surface area contributed by atoms with E-state index in [-0.39, 0.29) is 0 Å². The van der Waals surface area contributed by atoms with Gasteiger partial charge in [-0.25, -0.2) is 0 Å². The predicted molar refractivity (Wildman–Crippen MR) is 35.1 cm³/mol. The van der Waals surface area contributed by atoms with E-state index in [1.165, 1.54) is 0 Å². The molecule has 0 aliphatic carbocycles. The average Bonchev–Trinajstić information content (AvgIpc) is 1.66. The van der Waals surface area contributed by atoms with Crippen molar-refractivity contribution in [2.45, 2.75) is 13.3 Å². The molecule has 8 heavy (non-hydrogen) atoms. The molecule has 0 aromatic heterocycles. The van der Waals surface area contributed by atoms with Crippen LogP contribution in [-0.4, -0.2) is 18.9 Å². The molecule has 0 aromatic carbocycles. The van der Waals surface area contributed by atoms with Gasteiger partial charge in [0, 0.05) is 6.54 Å². The maximum atomic E-state index is 6.92. The van der Waals surface area contributed by atoms with Gasteiger partial charge in [-0.3, -0.25) is 5.41 Å². The number of hydrogen-bond acceptors (Lipinski definition) is 2. The first-order valence-electron chi connectivity index (χ1n) is 2.76. The van der Waals surface area contributed by atoms with E-state index in [4.69, 9.17) is 11.1 Å². The van der Waals surface area contributed by atoms with Crippen LogP contribution < -0.4 is 11.1 Å². The summed E-state index contributed by atoms with van der Waals surface area (Å²) in [6, 6.07) is 0. The number of rotatable bonds is 3. The van der Waals surface area contributed by atoms with Gasteiger partial charge in [0.1, 0.15) is 0 Å². The van der Waals surface area contributed by atoms with E-state index in [1.807, 2.05) is 0 Å². The van der Waals surface area contributed by atoms with Gasteiger partial charge in [-0.2, -0.15) is 0 Å². The molecule has 0 radical (unpaired) electrons. The summed E-state index contributed by atoms with van der Waals surface area (Å²) in [5.41, 5.74) is 5.20. The summed E-state index contributed by atoms with van der Waals surface area (Å²) >= 11 is 0. The Kier molecular flexibility index (Phi) is 4.26. The normalized spacial score (nSPS) is 8.75. The lowest BCUT2D eigenvalue weighted by Crippen LogP contribution is -2.22. The highest BCUT2D eigenvalue weighted by molar-refractivity contribution is 5.75. The summed E-state index contributed by atoms with van der Waals surface area (Å²) in [4.78, 5) is 0. The molecule has 48 valence electrons. The molecule has 3 heteroatoms. The highest BCUT2D eigenvalue weighted by atomic mass is 14.9. The van der Waals surface area contributed by atoms with Crippen LogP contribution in [0.4, 0.5) is 0 Å². The Labute approximate surface area is 49.8 Å². The molecule has 0 aliphatic rings. The lowest BCUT2D eigenvalue weighted by atomic mass is 10.4. The zero-order valence-corrected chi connectivity index (χ0v) is 5.20. The SMILES string of the molecule is CC(=N)NCCCN. The van der Waals surface area contributed by atoms with Crippen molar-refractivity contribution in [3.8, 4) is 0 Å². The molecule has 0 amide bonds. The van der Waals surface area contributed by atoms with E-state index in [1.54, 1.807) is 6.92 Å². The minimum absolute atomic E-state index is 0.512. The molecular weight excluding hydrogens is 102 g/mol. The Morgan fingerprint density at radius 2 is 2.38 bits per heavy atom. The van der Waals surface area contributed by atoms with Crippen molar-refractivity contribution in [3.05, 3.63) is 0 Å². The number of hydrogen-bond donors (Lipinski definition) is 3. The van der Waals surface area contributed by atoms with Crippen LogP contribution in [0, 0.1) is 5.41 Å². The van der Waals surface area contributed by atoms with E-state index >= 15 is 0 Å². The first-order valence-corrected chi connectivity index (χ1v) is 2.76. The van der Waals surface area contributed by atoms with Crippen molar-refractivity contribution < 1.29 is 0 Å². The van der Waals surface area contributed by atoms with Gasteiger partial charge < -0.3 is 11.1 Å². The fourth-order valence-corrected chi connectivity index (χ4v) is 0.378. The van der Waals surface area contributed by atoms with E-state index in [0.717, 1.165) is 13.0 Å².